The minimum Gasteiger partial charge on any atom is -0.507 e. The maximum absolute atomic E-state index is 10.3. The van der Waals surface area contributed by atoms with E-state index in [0.29, 0.717) is 5.75 Å². The molecule has 0 bridgehead atoms. The Labute approximate surface area is 146 Å². The zero-order valence-electron chi connectivity index (χ0n) is 14.1. The highest BCUT2D eigenvalue weighted by atomic mass is 16.5. The first-order valence-corrected chi connectivity index (χ1v) is 8.09. The summed E-state index contributed by atoms with van der Waals surface area (Å²) in [4.78, 5) is 0. The van der Waals surface area contributed by atoms with Crippen LogP contribution in [0.2, 0.25) is 0 Å². The van der Waals surface area contributed by atoms with E-state index in [1.807, 2.05) is 48.5 Å². The summed E-state index contributed by atoms with van der Waals surface area (Å²) < 4.78 is 11.0. The number of phenols is 1. The van der Waals surface area contributed by atoms with Crippen LogP contribution in [0.15, 0.2) is 66.7 Å². The van der Waals surface area contributed by atoms with Gasteiger partial charge in [0.05, 0.1) is 14.2 Å². The second-order valence-corrected chi connectivity index (χ2v) is 5.88. The molecule has 0 amide bonds. The predicted octanol–water partition coefficient (Wildman–Crippen LogP) is 5.38. The molecule has 4 rings (SSSR count). The van der Waals surface area contributed by atoms with Crippen molar-refractivity contribution in [1.82, 2.24) is 0 Å². The van der Waals surface area contributed by atoms with Gasteiger partial charge in [-0.05, 0) is 46.0 Å². The van der Waals surface area contributed by atoms with E-state index in [-0.39, 0.29) is 5.75 Å². The topological polar surface area (TPSA) is 38.7 Å². The molecular formula is C22H18O3. The fraction of sp³-hybridized carbons (Fsp3) is 0.0909. The van der Waals surface area contributed by atoms with E-state index < -0.39 is 0 Å². The minimum atomic E-state index is 0.280. The van der Waals surface area contributed by atoms with Gasteiger partial charge in [-0.25, -0.2) is 0 Å². The fourth-order valence-corrected chi connectivity index (χ4v) is 3.43. The molecule has 3 nitrogen and oxygen atoms in total. The molecule has 0 aliphatic rings. The molecule has 25 heavy (non-hydrogen) atoms. The lowest BCUT2D eigenvalue weighted by Gasteiger charge is -2.14. The van der Waals surface area contributed by atoms with Crippen molar-refractivity contribution in [2.45, 2.75) is 0 Å². The lowest BCUT2D eigenvalue weighted by atomic mass is 9.94. The van der Waals surface area contributed by atoms with Crippen LogP contribution in [0.25, 0.3) is 32.7 Å². The maximum Gasteiger partial charge on any atom is 0.168 e. The van der Waals surface area contributed by atoms with Crippen molar-refractivity contribution in [2.24, 2.45) is 0 Å². The summed E-state index contributed by atoms with van der Waals surface area (Å²) in [6, 6.07) is 21.6. The molecule has 1 N–H and O–H groups in total. The van der Waals surface area contributed by atoms with Crippen molar-refractivity contribution in [2.75, 3.05) is 14.2 Å². The Morgan fingerprint density at radius 2 is 1.28 bits per heavy atom. The van der Waals surface area contributed by atoms with Gasteiger partial charge < -0.3 is 14.6 Å². The molecular weight excluding hydrogens is 312 g/mol. The highest BCUT2D eigenvalue weighted by Crippen LogP contribution is 2.41. The highest BCUT2D eigenvalue weighted by molar-refractivity contribution is 6.14. The van der Waals surface area contributed by atoms with Gasteiger partial charge in [-0.3, -0.25) is 0 Å². The predicted molar refractivity (Wildman–Crippen MR) is 102 cm³/mol. The van der Waals surface area contributed by atoms with Crippen molar-refractivity contribution in [3.05, 3.63) is 66.7 Å². The first kappa shape index (κ1) is 15.3. The Morgan fingerprint density at radius 1 is 0.600 bits per heavy atom. The lowest BCUT2D eigenvalue weighted by molar-refractivity contribution is 0.358. The smallest absolute Gasteiger partial charge is 0.168 e. The van der Waals surface area contributed by atoms with Crippen molar-refractivity contribution in [3.63, 3.8) is 0 Å². The van der Waals surface area contributed by atoms with Crippen LogP contribution in [0.5, 0.6) is 17.2 Å². The third kappa shape index (κ3) is 2.36. The number of aromatic hydroxyl groups is 1. The number of para-hydroxylation sites is 1. The van der Waals surface area contributed by atoms with Crippen LogP contribution < -0.4 is 9.47 Å². The highest BCUT2D eigenvalue weighted by Gasteiger charge is 2.13. The van der Waals surface area contributed by atoms with Crippen LogP contribution in [-0.2, 0) is 0 Å². The second kappa shape index (κ2) is 6.02. The Bertz CT molecular complexity index is 1080. The zero-order chi connectivity index (χ0) is 17.4. The minimum absolute atomic E-state index is 0.280. The van der Waals surface area contributed by atoms with Gasteiger partial charge in [0.1, 0.15) is 5.75 Å². The summed E-state index contributed by atoms with van der Waals surface area (Å²) in [7, 11) is 3.29. The summed E-state index contributed by atoms with van der Waals surface area (Å²) in [5.74, 6) is 1.73. The third-order valence-corrected chi connectivity index (χ3v) is 4.59. The summed E-state index contributed by atoms with van der Waals surface area (Å²) in [5, 5.41) is 14.5. The molecule has 0 spiro atoms. The molecule has 0 radical (unpaired) electrons. The first-order valence-electron chi connectivity index (χ1n) is 8.09. The lowest BCUT2D eigenvalue weighted by Crippen LogP contribution is -1.92. The van der Waals surface area contributed by atoms with Crippen LogP contribution in [0.4, 0.5) is 0 Å². The molecule has 3 heteroatoms. The Morgan fingerprint density at radius 3 is 2.04 bits per heavy atom. The monoisotopic (exact) mass is 330 g/mol. The van der Waals surface area contributed by atoms with Crippen LogP contribution in [0.1, 0.15) is 0 Å². The quantitative estimate of drug-likeness (QED) is 0.512. The zero-order valence-corrected chi connectivity index (χ0v) is 14.1. The standard InChI is InChI=1S/C22H18O3/c1-24-21-13-12-17-14-7-5-8-15(18-6-3-4-9-20(18)23)16(14)10-11-19(17)22(21)25-2/h3-13,23H,1-2H3. The van der Waals surface area contributed by atoms with Gasteiger partial charge in [0.15, 0.2) is 11.5 Å². The van der Waals surface area contributed by atoms with E-state index in [2.05, 4.69) is 12.1 Å². The van der Waals surface area contributed by atoms with E-state index >= 15 is 0 Å². The number of hydrogen-bond acceptors (Lipinski definition) is 3. The van der Waals surface area contributed by atoms with Gasteiger partial charge in [0, 0.05) is 10.9 Å². The molecule has 4 aromatic carbocycles. The van der Waals surface area contributed by atoms with Gasteiger partial charge in [-0.15, -0.1) is 0 Å². The summed E-state index contributed by atoms with van der Waals surface area (Å²) >= 11 is 0. The molecule has 4 aromatic rings. The number of ether oxygens (including phenoxy) is 2. The van der Waals surface area contributed by atoms with Crippen LogP contribution in [0.3, 0.4) is 0 Å². The second-order valence-electron chi connectivity index (χ2n) is 5.88. The number of benzene rings is 4. The fourth-order valence-electron chi connectivity index (χ4n) is 3.43. The van der Waals surface area contributed by atoms with E-state index in [1.54, 1.807) is 20.3 Å². The summed E-state index contributed by atoms with van der Waals surface area (Å²) in [6.07, 6.45) is 0. The first-order chi connectivity index (χ1) is 12.2. The molecule has 0 saturated heterocycles. The number of phenolic OH excluding ortho intramolecular Hbond substituents is 1. The Kier molecular flexibility index (Phi) is 3.69. The average molecular weight is 330 g/mol. The molecule has 124 valence electrons. The Balaban J connectivity index is 2.08. The van der Waals surface area contributed by atoms with Crippen molar-refractivity contribution in [1.29, 1.82) is 0 Å². The number of hydrogen-bond donors (Lipinski definition) is 1. The molecule has 0 saturated carbocycles. The van der Waals surface area contributed by atoms with Gasteiger partial charge >= 0.3 is 0 Å². The van der Waals surface area contributed by atoms with Gasteiger partial charge in [-0.2, -0.15) is 0 Å². The maximum atomic E-state index is 10.3. The van der Waals surface area contributed by atoms with Crippen molar-refractivity contribution in [3.8, 4) is 28.4 Å². The summed E-state index contributed by atoms with van der Waals surface area (Å²) in [5.41, 5.74) is 1.83. The molecule has 0 aromatic heterocycles. The van der Waals surface area contributed by atoms with Crippen LogP contribution in [0, 0.1) is 0 Å². The molecule has 0 unspecified atom stereocenters. The van der Waals surface area contributed by atoms with Gasteiger partial charge in [0.25, 0.3) is 0 Å². The molecule has 0 heterocycles. The third-order valence-electron chi connectivity index (χ3n) is 4.59. The number of rotatable bonds is 3. The SMILES string of the molecule is COc1ccc2c(ccc3c(-c4ccccc4O)cccc32)c1OC. The van der Waals surface area contributed by atoms with E-state index in [1.165, 1.54) is 0 Å². The molecule has 0 fully saturated rings. The number of methoxy groups -OCH3 is 2. The van der Waals surface area contributed by atoms with Crippen LogP contribution >= 0.6 is 0 Å². The molecule has 0 atom stereocenters. The van der Waals surface area contributed by atoms with Crippen LogP contribution in [-0.4, -0.2) is 19.3 Å². The molecule has 0 aliphatic carbocycles. The van der Waals surface area contributed by atoms with Crippen molar-refractivity contribution >= 4 is 21.5 Å². The summed E-state index contributed by atoms with van der Waals surface area (Å²) in [6.45, 7) is 0. The van der Waals surface area contributed by atoms with Crippen molar-refractivity contribution < 1.29 is 14.6 Å². The van der Waals surface area contributed by atoms with Gasteiger partial charge in [-0.1, -0.05) is 42.5 Å². The van der Waals surface area contributed by atoms with E-state index in [9.17, 15) is 5.11 Å². The number of fused-ring (bicyclic) bond motifs is 3. The van der Waals surface area contributed by atoms with Gasteiger partial charge in [0.2, 0.25) is 0 Å². The average Bonchev–Trinajstić information content (AvgIpc) is 2.66. The van der Waals surface area contributed by atoms with E-state index in [4.69, 9.17) is 9.47 Å². The van der Waals surface area contributed by atoms with E-state index in [0.717, 1.165) is 38.4 Å². The molecule has 0 aliphatic heterocycles. The Hall–Kier alpha value is -3.20. The largest absolute Gasteiger partial charge is 0.507 e. The normalized spacial score (nSPS) is 11.0.